The van der Waals surface area contributed by atoms with Gasteiger partial charge in [-0.05, 0) is 19.3 Å². The van der Waals surface area contributed by atoms with Crippen LogP contribution in [-0.4, -0.2) is 41.8 Å². The highest BCUT2D eigenvalue weighted by Gasteiger charge is 2.30. The van der Waals surface area contributed by atoms with Crippen LogP contribution in [0.25, 0.3) is 0 Å². The number of carbonyl (C=O) groups excluding carboxylic acids is 2. The first-order chi connectivity index (χ1) is 8.70. The number of nitrogens with zero attached hydrogens (tertiary/aromatic N) is 1. The Morgan fingerprint density at radius 2 is 2.00 bits per heavy atom. The molecule has 1 rings (SSSR count). The Kier molecular flexibility index (Phi) is 7.09. The van der Waals surface area contributed by atoms with Crippen LogP contribution in [0.3, 0.4) is 0 Å². The zero-order chi connectivity index (χ0) is 13.4. The highest BCUT2D eigenvalue weighted by Crippen LogP contribution is 2.19. The molecule has 1 aliphatic rings. The fraction of sp³-hybridized carbons (Fsp3) is 0.846. The monoisotopic (exact) mass is 275 g/mol. The molecule has 0 aromatic heterocycles. The average molecular weight is 276 g/mol. The van der Waals surface area contributed by atoms with Gasteiger partial charge in [-0.1, -0.05) is 26.2 Å². The lowest BCUT2D eigenvalue weighted by molar-refractivity contribution is -0.121. The first kappa shape index (κ1) is 15.3. The van der Waals surface area contributed by atoms with Gasteiger partial charge in [-0.25, -0.2) is 4.79 Å². The summed E-state index contributed by atoms with van der Waals surface area (Å²) in [7, 11) is 0. The zero-order valence-electron chi connectivity index (χ0n) is 11.0. The molecule has 1 atom stereocenters. The Bertz CT molecular complexity index is 283. The fourth-order valence-electron chi connectivity index (χ4n) is 2.20. The smallest absolute Gasteiger partial charge is 0.410 e. The van der Waals surface area contributed by atoms with E-state index in [2.05, 4.69) is 0 Å². The minimum absolute atomic E-state index is 0.0395. The number of ketones is 1. The maximum Gasteiger partial charge on any atom is 0.410 e. The van der Waals surface area contributed by atoms with Crippen LogP contribution in [-0.2, 0) is 9.53 Å². The predicted octanol–water partition coefficient (Wildman–Crippen LogP) is 2.98. The number of rotatable bonds is 4. The highest BCUT2D eigenvalue weighted by atomic mass is 35.5. The number of ether oxygens (including phenoxy) is 1. The molecule has 0 spiro atoms. The van der Waals surface area contributed by atoms with Crippen LogP contribution in [0.4, 0.5) is 4.79 Å². The zero-order valence-corrected chi connectivity index (χ0v) is 11.7. The molecule has 0 saturated carbocycles. The van der Waals surface area contributed by atoms with E-state index >= 15 is 0 Å². The lowest BCUT2D eigenvalue weighted by Gasteiger charge is -2.31. The van der Waals surface area contributed by atoms with E-state index in [0.717, 1.165) is 32.1 Å². The van der Waals surface area contributed by atoms with Gasteiger partial charge in [-0.3, -0.25) is 9.69 Å². The molecule has 0 N–H and O–H groups in total. The molecular formula is C13H22ClNO3. The molecule has 0 radical (unpaired) electrons. The molecule has 18 heavy (non-hydrogen) atoms. The molecule has 1 fully saturated rings. The van der Waals surface area contributed by atoms with Crippen LogP contribution >= 0.6 is 11.6 Å². The van der Waals surface area contributed by atoms with E-state index < -0.39 is 6.04 Å². The van der Waals surface area contributed by atoms with Gasteiger partial charge in [0.05, 0.1) is 18.5 Å². The second kappa shape index (κ2) is 8.35. The molecule has 4 nitrogen and oxygen atoms in total. The molecule has 1 unspecified atom stereocenters. The number of hydrogen-bond donors (Lipinski definition) is 0. The van der Waals surface area contributed by atoms with Crippen molar-refractivity contribution in [2.75, 3.05) is 19.0 Å². The molecular weight excluding hydrogens is 254 g/mol. The summed E-state index contributed by atoms with van der Waals surface area (Å²) >= 11 is 5.63. The third-order valence-electron chi connectivity index (χ3n) is 3.17. The Morgan fingerprint density at radius 1 is 1.28 bits per heavy atom. The largest absolute Gasteiger partial charge is 0.449 e. The molecule has 0 aliphatic carbocycles. The highest BCUT2D eigenvalue weighted by molar-refractivity contribution is 6.28. The number of likely N-dealkylation sites (tertiary alicyclic amines) is 1. The summed E-state index contributed by atoms with van der Waals surface area (Å²) in [5.74, 6) is -0.116. The van der Waals surface area contributed by atoms with Gasteiger partial charge in [0.15, 0.2) is 5.78 Å². The van der Waals surface area contributed by atoms with Crippen molar-refractivity contribution in [1.29, 1.82) is 0 Å². The van der Waals surface area contributed by atoms with E-state index in [1.807, 2.05) is 6.92 Å². The summed E-state index contributed by atoms with van der Waals surface area (Å²) in [5.41, 5.74) is 0. The van der Waals surface area contributed by atoms with Crippen LogP contribution in [0.1, 0.15) is 45.4 Å². The first-order valence-corrected chi connectivity index (χ1v) is 7.26. The average Bonchev–Trinajstić information content (AvgIpc) is 2.35. The SMILES string of the molecule is CCCOC(=O)N1CCCCCCC1C(=O)CCl. The second-order valence-electron chi connectivity index (χ2n) is 4.63. The number of amides is 1. The summed E-state index contributed by atoms with van der Waals surface area (Å²) in [6.45, 7) is 2.94. The van der Waals surface area contributed by atoms with Gasteiger partial charge in [0, 0.05) is 6.54 Å². The van der Waals surface area contributed by atoms with Crippen molar-refractivity contribution in [2.45, 2.75) is 51.5 Å². The van der Waals surface area contributed by atoms with Crippen molar-refractivity contribution in [3.63, 3.8) is 0 Å². The van der Waals surface area contributed by atoms with E-state index in [-0.39, 0.29) is 17.8 Å². The quantitative estimate of drug-likeness (QED) is 0.741. The summed E-state index contributed by atoms with van der Waals surface area (Å²) in [6, 6.07) is -0.396. The molecule has 1 saturated heterocycles. The molecule has 0 aromatic rings. The summed E-state index contributed by atoms with van der Waals surface area (Å²) in [5, 5.41) is 0. The molecule has 5 heteroatoms. The van der Waals surface area contributed by atoms with Crippen LogP contribution < -0.4 is 0 Å². The summed E-state index contributed by atoms with van der Waals surface area (Å²) in [4.78, 5) is 25.4. The van der Waals surface area contributed by atoms with Crippen LogP contribution in [0, 0.1) is 0 Å². The molecule has 1 aliphatic heterocycles. The van der Waals surface area contributed by atoms with Crippen molar-refractivity contribution < 1.29 is 14.3 Å². The van der Waals surface area contributed by atoms with Gasteiger partial charge >= 0.3 is 6.09 Å². The third kappa shape index (κ3) is 4.48. The van der Waals surface area contributed by atoms with E-state index in [1.54, 1.807) is 4.90 Å². The Hall–Kier alpha value is -0.770. The van der Waals surface area contributed by atoms with Gasteiger partial charge in [0.25, 0.3) is 0 Å². The number of Topliss-reactive ketones (excluding diaryl/α,β-unsaturated/α-hetero) is 1. The Balaban J connectivity index is 2.70. The first-order valence-electron chi connectivity index (χ1n) is 6.72. The van der Waals surface area contributed by atoms with E-state index in [0.29, 0.717) is 19.6 Å². The maximum absolute atomic E-state index is 12.0. The standard InChI is InChI=1S/C13H22ClNO3/c1-2-9-18-13(17)15-8-6-4-3-5-7-11(15)12(16)10-14/h11H,2-10H2,1H3. The van der Waals surface area contributed by atoms with Gasteiger partial charge in [-0.2, -0.15) is 0 Å². The Labute approximate surface area is 114 Å². The van der Waals surface area contributed by atoms with E-state index in [1.165, 1.54) is 0 Å². The van der Waals surface area contributed by atoms with Crippen molar-refractivity contribution >= 4 is 23.5 Å². The summed E-state index contributed by atoms with van der Waals surface area (Å²) in [6.07, 6.45) is 5.21. The number of halogens is 1. The minimum atomic E-state index is -0.396. The topological polar surface area (TPSA) is 46.6 Å². The number of alkyl halides is 1. The fourth-order valence-corrected chi connectivity index (χ4v) is 2.38. The molecule has 104 valence electrons. The number of hydrogen-bond acceptors (Lipinski definition) is 3. The van der Waals surface area contributed by atoms with Gasteiger partial charge in [0.2, 0.25) is 0 Å². The normalized spacial score (nSPS) is 21.0. The predicted molar refractivity (Wildman–Crippen MR) is 70.9 cm³/mol. The van der Waals surface area contributed by atoms with Crippen LogP contribution in [0.15, 0.2) is 0 Å². The minimum Gasteiger partial charge on any atom is -0.449 e. The van der Waals surface area contributed by atoms with Gasteiger partial charge in [-0.15, -0.1) is 11.6 Å². The number of carbonyl (C=O) groups is 2. The van der Waals surface area contributed by atoms with Crippen molar-refractivity contribution in [1.82, 2.24) is 4.90 Å². The molecule has 0 aromatic carbocycles. The van der Waals surface area contributed by atoms with Crippen LogP contribution in [0.2, 0.25) is 0 Å². The maximum atomic E-state index is 12.0. The van der Waals surface area contributed by atoms with E-state index in [4.69, 9.17) is 16.3 Å². The van der Waals surface area contributed by atoms with E-state index in [9.17, 15) is 9.59 Å². The van der Waals surface area contributed by atoms with Gasteiger partial charge in [0.1, 0.15) is 0 Å². The van der Waals surface area contributed by atoms with Crippen LogP contribution in [0.5, 0.6) is 0 Å². The second-order valence-corrected chi connectivity index (χ2v) is 4.89. The molecule has 1 amide bonds. The lowest BCUT2D eigenvalue weighted by atomic mass is 10.00. The molecule has 1 heterocycles. The Morgan fingerprint density at radius 3 is 2.67 bits per heavy atom. The molecule has 0 bridgehead atoms. The lowest BCUT2D eigenvalue weighted by Crippen LogP contribution is -2.47. The van der Waals surface area contributed by atoms with Crippen molar-refractivity contribution in [2.24, 2.45) is 0 Å². The van der Waals surface area contributed by atoms with Crippen molar-refractivity contribution in [3.05, 3.63) is 0 Å². The third-order valence-corrected chi connectivity index (χ3v) is 3.43. The summed E-state index contributed by atoms with van der Waals surface area (Å²) < 4.78 is 5.14. The van der Waals surface area contributed by atoms with Crippen molar-refractivity contribution in [3.8, 4) is 0 Å². The van der Waals surface area contributed by atoms with Gasteiger partial charge < -0.3 is 4.74 Å².